The molecule has 0 unspecified atom stereocenters. The Morgan fingerprint density at radius 2 is 1.52 bits per heavy atom. The summed E-state index contributed by atoms with van der Waals surface area (Å²) in [6.07, 6.45) is 0.0507. The van der Waals surface area contributed by atoms with Crippen molar-refractivity contribution < 1.29 is 19.1 Å². The van der Waals surface area contributed by atoms with Crippen LogP contribution < -0.4 is 5.32 Å². The lowest BCUT2D eigenvalue weighted by Gasteiger charge is -2.35. The van der Waals surface area contributed by atoms with Gasteiger partial charge in [0.25, 0.3) is 0 Å². The van der Waals surface area contributed by atoms with Crippen molar-refractivity contribution in [2.24, 2.45) is 0 Å². The van der Waals surface area contributed by atoms with Crippen LogP contribution in [0.4, 0.5) is 4.79 Å². The van der Waals surface area contributed by atoms with Gasteiger partial charge in [-0.2, -0.15) is 0 Å². The molecule has 0 saturated carbocycles. The van der Waals surface area contributed by atoms with Crippen molar-refractivity contribution in [2.45, 2.75) is 59.1 Å². The van der Waals surface area contributed by atoms with Crippen molar-refractivity contribution in [2.75, 3.05) is 26.2 Å². The van der Waals surface area contributed by atoms with Crippen LogP contribution in [0.3, 0.4) is 0 Å². The summed E-state index contributed by atoms with van der Waals surface area (Å²) in [4.78, 5) is 38.9. The van der Waals surface area contributed by atoms with E-state index < -0.39 is 5.60 Å². The van der Waals surface area contributed by atoms with Gasteiger partial charge < -0.3 is 19.9 Å². The minimum Gasteiger partial charge on any atom is -0.444 e. The highest BCUT2D eigenvalue weighted by Gasteiger charge is 2.27. The molecule has 0 radical (unpaired) electrons. The molecule has 0 spiro atoms. The van der Waals surface area contributed by atoms with Gasteiger partial charge in [-0.05, 0) is 34.6 Å². The molecule has 1 aliphatic heterocycles. The van der Waals surface area contributed by atoms with Gasteiger partial charge in [-0.1, -0.05) is 0 Å². The summed E-state index contributed by atoms with van der Waals surface area (Å²) in [6, 6.07) is 0.0787. The molecule has 0 aromatic rings. The molecule has 1 N–H and O–H groups in total. The number of hydrogen-bond acceptors (Lipinski definition) is 4. The maximum atomic E-state index is 12.1. The largest absolute Gasteiger partial charge is 0.444 e. The van der Waals surface area contributed by atoms with Gasteiger partial charge in [-0.25, -0.2) is 4.79 Å². The van der Waals surface area contributed by atoms with Crippen molar-refractivity contribution in [3.05, 3.63) is 0 Å². The number of hydrogen-bond donors (Lipinski definition) is 1. The highest BCUT2D eigenvalue weighted by atomic mass is 16.6. The van der Waals surface area contributed by atoms with Crippen molar-refractivity contribution in [3.63, 3.8) is 0 Å². The number of nitrogens with one attached hydrogen (secondary N) is 1. The number of rotatable bonds is 4. The molecule has 0 aliphatic carbocycles. The summed E-state index contributed by atoms with van der Waals surface area (Å²) in [5, 5.41) is 2.77. The van der Waals surface area contributed by atoms with Crippen LogP contribution in [0.1, 0.15) is 47.5 Å². The Morgan fingerprint density at radius 1 is 1.00 bits per heavy atom. The quantitative estimate of drug-likeness (QED) is 0.846. The maximum Gasteiger partial charge on any atom is 0.410 e. The lowest BCUT2D eigenvalue weighted by molar-refractivity contribution is -0.135. The Kier molecular flexibility index (Phi) is 6.84. The number of ether oxygens (including phenoxy) is 1. The van der Waals surface area contributed by atoms with Gasteiger partial charge in [-0.3, -0.25) is 9.59 Å². The molecule has 0 aromatic heterocycles. The molecular formula is C16H29N3O4. The number of nitrogens with zero attached hydrogens (tertiary/aromatic N) is 2. The van der Waals surface area contributed by atoms with Gasteiger partial charge in [0.1, 0.15) is 5.60 Å². The minimum absolute atomic E-state index is 0.0484. The predicted molar refractivity (Wildman–Crippen MR) is 86.9 cm³/mol. The van der Waals surface area contributed by atoms with Gasteiger partial charge >= 0.3 is 6.09 Å². The van der Waals surface area contributed by atoms with E-state index in [0.29, 0.717) is 26.2 Å². The number of carbonyl (C=O) groups is 3. The van der Waals surface area contributed by atoms with Crippen LogP contribution in [-0.4, -0.2) is 65.5 Å². The normalized spacial score (nSPS) is 15.6. The van der Waals surface area contributed by atoms with Crippen LogP contribution in [0, 0.1) is 0 Å². The van der Waals surface area contributed by atoms with E-state index in [4.69, 9.17) is 4.74 Å². The Balaban J connectivity index is 2.34. The lowest BCUT2D eigenvalue weighted by Crippen LogP contribution is -2.51. The van der Waals surface area contributed by atoms with E-state index in [1.807, 2.05) is 34.6 Å². The zero-order valence-corrected chi connectivity index (χ0v) is 14.8. The summed E-state index contributed by atoms with van der Waals surface area (Å²) < 4.78 is 5.32. The average Bonchev–Trinajstić information content (AvgIpc) is 2.42. The van der Waals surface area contributed by atoms with Gasteiger partial charge in [0.15, 0.2) is 0 Å². The van der Waals surface area contributed by atoms with E-state index >= 15 is 0 Å². The average molecular weight is 327 g/mol. The molecule has 1 heterocycles. The molecule has 0 bridgehead atoms. The molecule has 1 aliphatic rings. The molecule has 1 rings (SSSR count). The molecule has 1 fully saturated rings. The topological polar surface area (TPSA) is 79.0 Å². The summed E-state index contributed by atoms with van der Waals surface area (Å²) in [5.41, 5.74) is -0.520. The van der Waals surface area contributed by atoms with Crippen LogP contribution in [0.2, 0.25) is 0 Å². The van der Waals surface area contributed by atoms with Crippen LogP contribution >= 0.6 is 0 Å². The van der Waals surface area contributed by atoms with E-state index in [2.05, 4.69) is 5.32 Å². The van der Waals surface area contributed by atoms with Gasteiger partial charge in [0.05, 0.1) is 0 Å². The predicted octanol–water partition coefficient (Wildman–Crippen LogP) is 1.37. The number of amides is 3. The zero-order valence-electron chi connectivity index (χ0n) is 14.8. The summed E-state index contributed by atoms with van der Waals surface area (Å²) >= 11 is 0. The van der Waals surface area contributed by atoms with Crippen LogP contribution in [0.15, 0.2) is 0 Å². The van der Waals surface area contributed by atoms with Crippen molar-refractivity contribution in [3.8, 4) is 0 Å². The van der Waals surface area contributed by atoms with Crippen molar-refractivity contribution >= 4 is 17.9 Å². The minimum atomic E-state index is -0.520. The van der Waals surface area contributed by atoms with Crippen LogP contribution in [0.25, 0.3) is 0 Å². The van der Waals surface area contributed by atoms with Crippen LogP contribution in [0.5, 0.6) is 0 Å². The first-order valence-electron chi connectivity index (χ1n) is 8.13. The molecular weight excluding hydrogens is 298 g/mol. The third kappa shape index (κ3) is 7.34. The fraction of sp³-hybridized carbons (Fsp3) is 0.812. The summed E-state index contributed by atoms with van der Waals surface area (Å²) in [6.45, 7) is 11.1. The van der Waals surface area contributed by atoms with E-state index in [1.165, 1.54) is 0 Å². The van der Waals surface area contributed by atoms with E-state index in [0.717, 1.165) is 0 Å². The Morgan fingerprint density at radius 3 is 2.00 bits per heavy atom. The first-order chi connectivity index (χ1) is 10.6. The van der Waals surface area contributed by atoms with E-state index in [1.54, 1.807) is 9.80 Å². The lowest BCUT2D eigenvalue weighted by atomic mass is 10.2. The van der Waals surface area contributed by atoms with Gasteiger partial charge in [0.2, 0.25) is 11.8 Å². The van der Waals surface area contributed by atoms with Crippen LogP contribution in [-0.2, 0) is 14.3 Å². The Hall–Kier alpha value is -1.79. The highest BCUT2D eigenvalue weighted by molar-refractivity contribution is 5.84. The molecule has 7 nitrogen and oxygen atoms in total. The smallest absolute Gasteiger partial charge is 0.410 e. The third-order valence-corrected chi connectivity index (χ3v) is 3.30. The number of piperazine rings is 1. The van der Waals surface area contributed by atoms with Gasteiger partial charge in [-0.15, -0.1) is 0 Å². The SMILES string of the molecule is CC(C)NC(=O)CCC(=O)N1CCN(C(=O)OC(C)(C)C)CC1. The fourth-order valence-corrected chi connectivity index (χ4v) is 2.24. The Bertz CT molecular complexity index is 435. The molecule has 0 aromatic carbocycles. The number of carbonyl (C=O) groups excluding carboxylic acids is 3. The first-order valence-corrected chi connectivity index (χ1v) is 8.13. The molecule has 0 atom stereocenters. The fourth-order valence-electron chi connectivity index (χ4n) is 2.24. The second-order valence-electron chi connectivity index (χ2n) is 7.07. The third-order valence-electron chi connectivity index (χ3n) is 3.30. The monoisotopic (exact) mass is 327 g/mol. The second-order valence-corrected chi connectivity index (χ2v) is 7.07. The molecule has 3 amide bonds. The van der Waals surface area contributed by atoms with E-state index in [-0.39, 0.29) is 36.8 Å². The van der Waals surface area contributed by atoms with Gasteiger partial charge in [0, 0.05) is 45.1 Å². The Labute approximate surface area is 138 Å². The standard InChI is InChI=1S/C16H29N3O4/c1-12(2)17-13(20)6-7-14(21)18-8-10-19(11-9-18)15(22)23-16(3,4)5/h12H,6-11H2,1-5H3,(H,17,20). The molecule has 1 saturated heterocycles. The molecule has 132 valence electrons. The summed E-state index contributed by atoms with van der Waals surface area (Å²) in [5.74, 6) is -0.159. The molecule has 23 heavy (non-hydrogen) atoms. The zero-order chi connectivity index (χ0) is 17.6. The summed E-state index contributed by atoms with van der Waals surface area (Å²) in [7, 11) is 0. The highest BCUT2D eigenvalue weighted by Crippen LogP contribution is 2.12. The van der Waals surface area contributed by atoms with E-state index in [9.17, 15) is 14.4 Å². The first kappa shape index (κ1) is 19.3. The molecule has 7 heteroatoms. The second kappa shape index (κ2) is 8.17. The van der Waals surface area contributed by atoms with Crippen molar-refractivity contribution in [1.29, 1.82) is 0 Å². The maximum absolute atomic E-state index is 12.1. The van der Waals surface area contributed by atoms with Crippen molar-refractivity contribution in [1.82, 2.24) is 15.1 Å².